The lowest BCUT2D eigenvalue weighted by atomic mass is 10.1. The van der Waals surface area contributed by atoms with E-state index in [0.717, 1.165) is 13.1 Å². The van der Waals surface area contributed by atoms with E-state index in [2.05, 4.69) is 10.0 Å². The number of rotatable bonds is 3. The maximum atomic E-state index is 12.5. The molecule has 6 nitrogen and oxygen atoms in total. The average molecular weight is 339 g/mol. The van der Waals surface area contributed by atoms with Crippen molar-refractivity contribution in [1.82, 2.24) is 14.9 Å². The highest BCUT2D eigenvalue weighted by atomic mass is 32.2. The molecule has 0 unspecified atom stereocenters. The van der Waals surface area contributed by atoms with Crippen LogP contribution in [-0.4, -0.2) is 50.4 Å². The molecule has 1 atom stereocenters. The number of benzene rings is 1. The van der Waals surface area contributed by atoms with E-state index >= 15 is 0 Å². The van der Waals surface area contributed by atoms with Crippen LogP contribution < -0.4 is 10.0 Å². The Hall–Kier alpha value is -1.44. The SMILES string of the molecule is C[C@@H]1CNCCN1C(=O)c1ccc(S(=O)(=O)NC(C)(C)C)cc1. The number of piperazine rings is 1. The first kappa shape index (κ1) is 17.9. The van der Waals surface area contributed by atoms with Gasteiger partial charge >= 0.3 is 0 Å². The molecule has 23 heavy (non-hydrogen) atoms. The molecule has 0 bridgehead atoms. The van der Waals surface area contributed by atoms with Crippen LogP contribution in [0.25, 0.3) is 0 Å². The Morgan fingerprint density at radius 1 is 1.26 bits per heavy atom. The summed E-state index contributed by atoms with van der Waals surface area (Å²) >= 11 is 0. The van der Waals surface area contributed by atoms with Crippen LogP contribution in [0, 0.1) is 0 Å². The summed E-state index contributed by atoms with van der Waals surface area (Å²) in [7, 11) is -3.58. The van der Waals surface area contributed by atoms with Crippen molar-refractivity contribution >= 4 is 15.9 Å². The summed E-state index contributed by atoms with van der Waals surface area (Å²) in [6.45, 7) is 9.56. The largest absolute Gasteiger partial charge is 0.333 e. The van der Waals surface area contributed by atoms with Crippen molar-refractivity contribution < 1.29 is 13.2 Å². The van der Waals surface area contributed by atoms with Gasteiger partial charge in [-0.05, 0) is 52.0 Å². The Kier molecular flexibility index (Phi) is 5.13. The van der Waals surface area contributed by atoms with E-state index in [-0.39, 0.29) is 16.8 Å². The molecule has 1 heterocycles. The molecule has 1 aliphatic heterocycles. The van der Waals surface area contributed by atoms with E-state index in [1.807, 2.05) is 11.8 Å². The number of sulfonamides is 1. The molecule has 1 amide bonds. The minimum absolute atomic E-state index is 0.0632. The molecule has 1 aromatic carbocycles. The Labute approximate surface area is 138 Å². The summed E-state index contributed by atoms with van der Waals surface area (Å²) in [6.07, 6.45) is 0. The van der Waals surface area contributed by atoms with Crippen LogP contribution in [0.5, 0.6) is 0 Å². The van der Waals surface area contributed by atoms with Gasteiger partial charge in [0.1, 0.15) is 0 Å². The summed E-state index contributed by atoms with van der Waals surface area (Å²) in [6, 6.07) is 6.24. The molecule has 1 fully saturated rings. The summed E-state index contributed by atoms with van der Waals surface area (Å²) < 4.78 is 27.1. The summed E-state index contributed by atoms with van der Waals surface area (Å²) in [4.78, 5) is 14.5. The Morgan fingerprint density at radius 3 is 2.39 bits per heavy atom. The first-order chi connectivity index (χ1) is 10.6. The summed E-state index contributed by atoms with van der Waals surface area (Å²) in [5.74, 6) is -0.0632. The summed E-state index contributed by atoms with van der Waals surface area (Å²) in [5, 5.41) is 3.24. The van der Waals surface area contributed by atoms with Gasteiger partial charge in [0.2, 0.25) is 10.0 Å². The predicted octanol–water partition coefficient (Wildman–Crippen LogP) is 1.20. The van der Waals surface area contributed by atoms with E-state index in [1.165, 1.54) is 12.1 Å². The number of carbonyl (C=O) groups excluding carboxylic acids is 1. The number of amides is 1. The van der Waals surface area contributed by atoms with Crippen LogP contribution in [0.2, 0.25) is 0 Å². The second kappa shape index (κ2) is 6.59. The standard InChI is InChI=1S/C16H25N3O3S/c1-12-11-17-9-10-19(12)15(20)13-5-7-14(8-6-13)23(21,22)18-16(2,3)4/h5-8,12,17-18H,9-11H2,1-4H3/t12-/m1/s1. The molecule has 0 aliphatic carbocycles. The van der Waals surface area contributed by atoms with Gasteiger partial charge < -0.3 is 10.2 Å². The molecule has 7 heteroatoms. The first-order valence-corrected chi connectivity index (χ1v) is 9.24. The highest BCUT2D eigenvalue weighted by Crippen LogP contribution is 2.16. The molecular formula is C16H25N3O3S. The first-order valence-electron chi connectivity index (χ1n) is 7.76. The van der Waals surface area contributed by atoms with Crippen LogP contribution >= 0.6 is 0 Å². The summed E-state index contributed by atoms with van der Waals surface area (Å²) in [5.41, 5.74) is -0.0442. The van der Waals surface area contributed by atoms with Crippen molar-refractivity contribution in [2.75, 3.05) is 19.6 Å². The monoisotopic (exact) mass is 339 g/mol. The van der Waals surface area contributed by atoms with E-state index < -0.39 is 15.6 Å². The molecule has 0 saturated carbocycles. The van der Waals surface area contributed by atoms with Crippen molar-refractivity contribution in [3.63, 3.8) is 0 Å². The minimum atomic E-state index is -3.58. The van der Waals surface area contributed by atoms with Gasteiger partial charge in [-0.15, -0.1) is 0 Å². The fourth-order valence-electron chi connectivity index (χ4n) is 2.55. The van der Waals surface area contributed by atoms with Crippen molar-refractivity contribution in [3.05, 3.63) is 29.8 Å². The van der Waals surface area contributed by atoms with Gasteiger partial charge in [0, 0.05) is 36.8 Å². The number of hydrogen-bond acceptors (Lipinski definition) is 4. The normalized spacial score (nSPS) is 19.7. The molecule has 0 spiro atoms. The van der Waals surface area contributed by atoms with Crippen molar-refractivity contribution in [2.24, 2.45) is 0 Å². The Balaban J connectivity index is 2.17. The smallest absolute Gasteiger partial charge is 0.254 e. The Bertz CT molecular complexity index is 663. The van der Waals surface area contributed by atoms with Crippen LogP contribution in [0.1, 0.15) is 38.1 Å². The molecule has 0 aromatic heterocycles. The number of carbonyl (C=O) groups is 1. The van der Waals surface area contributed by atoms with Gasteiger partial charge in [-0.25, -0.2) is 13.1 Å². The zero-order valence-electron chi connectivity index (χ0n) is 14.1. The zero-order chi connectivity index (χ0) is 17.3. The molecule has 2 N–H and O–H groups in total. The molecular weight excluding hydrogens is 314 g/mol. The van der Waals surface area contributed by atoms with Crippen LogP contribution in [-0.2, 0) is 10.0 Å². The van der Waals surface area contributed by atoms with Gasteiger partial charge in [-0.3, -0.25) is 4.79 Å². The lowest BCUT2D eigenvalue weighted by molar-refractivity contribution is 0.0655. The molecule has 2 rings (SSSR count). The number of nitrogens with zero attached hydrogens (tertiary/aromatic N) is 1. The third kappa shape index (κ3) is 4.53. The van der Waals surface area contributed by atoms with Crippen LogP contribution in [0.4, 0.5) is 0 Å². The van der Waals surface area contributed by atoms with Crippen LogP contribution in [0.3, 0.4) is 0 Å². The van der Waals surface area contributed by atoms with Crippen molar-refractivity contribution in [3.8, 4) is 0 Å². The van der Waals surface area contributed by atoms with Gasteiger partial charge in [-0.2, -0.15) is 0 Å². The lowest BCUT2D eigenvalue weighted by Gasteiger charge is -2.34. The van der Waals surface area contributed by atoms with Gasteiger partial charge in [0.15, 0.2) is 0 Å². The molecule has 0 radical (unpaired) electrons. The highest BCUT2D eigenvalue weighted by Gasteiger charge is 2.25. The van der Waals surface area contributed by atoms with E-state index in [4.69, 9.17) is 0 Å². The van der Waals surface area contributed by atoms with Gasteiger partial charge in [0.05, 0.1) is 4.90 Å². The third-order valence-corrected chi connectivity index (χ3v) is 5.39. The topological polar surface area (TPSA) is 78.5 Å². The number of nitrogens with one attached hydrogen (secondary N) is 2. The maximum absolute atomic E-state index is 12.5. The fourth-order valence-corrected chi connectivity index (χ4v) is 3.97. The second-order valence-corrected chi connectivity index (χ2v) is 8.61. The highest BCUT2D eigenvalue weighted by molar-refractivity contribution is 7.89. The zero-order valence-corrected chi connectivity index (χ0v) is 14.9. The van der Waals surface area contributed by atoms with Crippen LogP contribution in [0.15, 0.2) is 29.2 Å². The Morgan fingerprint density at radius 2 is 1.87 bits per heavy atom. The quantitative estimate of drug-likeness (QED) is 0.867. The molecule has 1 aliphatic rings. The van der Waals surface area contributed by atoms with Crippen molar-refractivity contribution in [2.45, 2.75) is 44.2 Å². The van der Waals surface area contributed by atoms with Crippen molar-refractivity contribution in [1.29, 1.82) is 0 Å². The minimum Gasteiger partial charge on any atom is -0.333 e. The maximum Gasteiger partial charge on any atom is 0.254 e. The third-order valence-electron chi connectivity index (χ3n) is 3.61. The molecule has 1 saturated heterocycles. The van der Waals surface area contributed by atoms with E-state index in [1.54, 1.807) is 32.9 Å². The number of hydrogen-bond donors (Lipinski definition) is 2. The van der Waals surface area contributed by atoms with E-state index in [9.17, 15) is 13.2 Å². The van der Waals surface area contributed by atoms with Gasteiger partial charge in [0.25, 0.3) is 5.91 Å². The second-order valence-electron chi connectivity index (χ2n) is 6.93. The van der Waals surface area contributed by atoms with Gasteiger partial charge in [-0.1, -0.05) is 0 Å². The molecule has 1 aromatic rings. The van der Waals surface area contributed by atoms with E-state index in [0.29, 0.717) is 12.1 Å². The fraction of sp³-hybridized carbons (Fsp3) is 0.562. The lowest BCUT2D eigenvalue weighted by Crippen LogP contribution is -2.52. The molecule has 128 valence electrons. The average Bonchev–Trinajstić information content (AvgIpc) is 2.45. The predicted molar refractivity (Wildman–Crippen MR) is 89.9 cm³/mol.